The summed E-state index contributed by atoms with van der Waals surface area (Å²) in [4.78, 5) is 17.1. The Bertz CT molecular complexity index is 1090. The molecule has 1 aliphatic heterocycles. The first kappa shape index (κ1) is 22.6. The van der Waals surface area contributed by atoms with Gasteiger partial charge in [0.2, 0.25) is 11.9 Å². The first-order chi connectivity index (χ1) is 15.8. The van der Waals surface area contributed by atoms with Gasteiger partial charge in [0.05, 0.1) is 6.04 Å². The summed E-state index contributed by atoms with van der Waals surface area (Å²) in [5.41, 5.74) is 0.924. The number of benzene rings is 2. The minimum atomic E-state index is -2.71. The van der Waals surface area contributed by atoms with Crippen molar-refractivity contribution in [2.24, 2.45) is 15.2 Å². The molecule has 10 heteroatoms. The van der Waals surface area contributed by atoms with E-state index in [1.165, 1.54) is 24.3 Å². The number of guanidine groups is 1. The van der Waals surface area contributed by atoms with Gasteiger partial charge in [0.25, 0.3) is 5.91 Å². The Morgan fingerprint density at radius 1 is 0.970 bits per heavy atom. The lowest BCUT2D eigenvalue weighted by Gasteiger charge is -2.26. The van der Waals surface area contributed by atoms with Gasteiger partial charge in [-0.1, -0.05) is 12.1 Å². The molecule has 0 bridgehead atoms. The number of carbonyl (C=O) groups excluding carboxylic acids is 1. The predicted molar refractivity (Wildman–Crippen MR) is 114 cm³/mol. The average molecular weight is 459 g/mol. The van der Waals surface area contributed by atoms with E-state index in [0.717, 1.165) is 17.7 Å². The van der Waals surface area contributed by atoms with Crippen molar-refractivity contribution in [3.63, 3.8) is 0 Å². The first-order valence-electron chi connectivity index (χ1n) is 10.5. The van der Waals surface area contributed by atoms with E-state index >= 15 is 0 Å². The van der Waals surface area contributed by atoms with Gasteiger partial charge in [-0.2, -0.15) is 5.11 Å². The zero-order chi connectivity index (χ0) is 23.4. The summed E-state index contributed by atoms with van der Waals surface area (Å²) in [5, 5.41) is 13.7. The maximum absolute atomic E-state index is 13.5. The number of aliphatic imine (C=N–C) groups is 1. The Morgan fingerprint density at radius 2 is 1.58 bits per heavy atom. The van der Waals surface area contributed by atoms with Crippen molar-refractivity contribution in [2.45, 2.75) is 43.7 Å². The zero-order valence-electron chi connectivity index (χ0n) is 17.4. The van der Waals surface area contributed by atoms with Crippen molar-refractivity contribution in [1.29, 1.82) is 0 Å². The SMILES string of the molecule is O=C(NC(=NC1CCC(F)(F)CC1)NC1=CC(c2ccc(F)cc2)N=N1)c1ccc(F)cc1. The highest BCUT2D eigenvalue weighted by molar-refractivity contribution is 6.06. The number of nitrogens with zero attached hydrogens (tertiary/aromatic N) is 3. The normalized spacial score (nSPS) is 20.4. The van der Waals surface area contributed by atoms with E-state index in [1.807, 2.05) is 0 Å². The molecule has 0 radical (unpaired) electrons. The zero-order valence-corrected chi connectivity index (χ0v) is 17.4. The molecule has 0 saturated heterocycles. The van der Waals surface area contributed by atoms with Crippen LogP contribution in [0.5, 0.6) is 0 Å². The van der Waals surface area contributed by atoms with Crippen LogP contribution in [0.15, 0.2) is 75.6 Å². The highest BCUT2D eigenvalue weighted by Gasteiger charge is 2.35. The topological polar surface area (TPSA) is 78.2 Å². The lowest BCUT2D eigenvalue weighted by atomic mass is 9.93. The molecule has 1 atom stereocenters. The maximum atomic E-state index is 13.5. The third kappa shape index (κ3) is 6.03. The van der Waals surface area contributed by atoms with Crippen molar-refractivity contribution in [2.75, 3.05) is 0 Å². The molecule has 1 amide bonds. The number of hydrogen-bond acceptors (Lipinski definition) is 4. The maximum Gasteiger partial charge on any atom is 0.257 e. The summed E-state index contributed by atoms with van der Waals surface area (Å²) < 4.78 is 53.4. The van der Waals surface area contributed by atoms with Crippen LogP contribution >= 0.6 is 0 Å². The third-order valence-electron chi connectivity index (χ3n) is 5.40. The summed E-state index contributed by atoms with van der Waals surface area (Å²) in [6, 6.07) is 9.91. The highest BCUT2D eigenvalue weighted by atomic mass is 19.3. The molecule has 172 valence electrons. The molecule has 1 heterocycles. The number of azo groups is 1. The van der Waals surface area contributed by atoms with Crippen LogP contribution in [0.25, 0.3) is 0 Å². The van der Waals surface area contributed by atoms with Crippen LogP contribution in [0.1, 0.15) is 47.6 Å². The van der Waals surface area contributed by atoms with Crippen molar-refractivity contribution in [1.82, 2.24) is 10.6 Å². The number of halogens is 4. The fraction of sp³-hybridized carbons (Fsp3) is 0.304. The molecule has 0 spiro atoms. The minimum absolute atomic E-state index is 0.0319. The van der Waals surface area contributed by atoms with Crippen LogP contribution in [0.2, 0.25) is 0 Å². The predicted octanol–water partition coefficient (Wildman–Crippen LogP) is 5.27. The van der Waals surface area contributed by atoms with Crippen LogP contribution in [-0.2, 0) is 0 Å². The van der Waals surface area contributed by atoms with E-state index < -0.39 is 29.7 Å². The Kier molecular flexibility index (Phi) is 6.52. The number of rotatable bonds is 4. The van der Waals surface area contributed by atoms with E-state index in [0.29, 0.717) is 5.82 Å². The van der Waals surface area contributed by atoms with Crippen molar-refractivity contribution in [3.8, 4) is 0 Å². The molecule has 2 N–H and O–H groups in total. The molecule has 1 saturated carbocycles. The number of hydrogen-bond donors (Lipinski definition) is 2. The molecule has 2 aromatic carbocycles. The van der Waals surface area contributed by atoms with Gasteiger partial charge in [-0.25, -0.2) is 22.6 Å². The molecule has 4 rings (SSSR count). The van der Waals surface area contributed by atoms with Crippen molar-refractivity contribution >= 4 is 11.9 Å². The number of alkyl halides is 2. The van der Waals surface area contributed by atoms with Crippen LogP contribution in [0.4, 0.5) is 17.6 Å². The molecule has 2 aliphatic rings. The van der Waals surface area contributed by atoms with Crippen LogP contribution in [0.3, 0.4) is 0 Å². The highest BCUT2D eigenvalue weighted by Crippen LogP contribution is 2.34. The van der Waals surface area contributed by atoms with Crippen LogP contribution in [0, 0.1) is 11.6 Å². The van der Waals surface area contributed by atoms with E-state index in [1.54, 1.807) is 18.2 Å². The monoisotopic (exact) mass is 459 g/mol. The van der Waals surface area contributed by atoms with Gasteiger partial charge < -0.3 is 5.32 Å². The average Bonchev–Trinajstić information content (AvgIpc) is 3.24. The van der Waals surface area contributed by atoms with Gasteiger partial charge in [-0.3, -0.25) is 10.1 Å². The lowest BCUT2D eigenvalue weighted by molar-refractivity contribution is -0.0374. The molecule has 0 aromatic heterocycles. The van der Waals surface area contributed by atoms with Crippen LogP contribution in [-0.4, -0.2) is 23.8 Å². The molecular weight excluding hydrogens is 438 g/mol. The molecule has 1 aliphatic carbocycles. The second-order valence-electron chi connectivity index (χ2n) is 7.91. The summed E-state index contributed by atoms with van der Waals surface area (Å²) in [7, 11) is 0. The van der Waals surface area contributed by atoms with Crippen molar-refractivity contribution < 1.29 is 22.4 Å². The second kappa shape index (κ2) is 9.51. The Labute approximate surface area is 187 Å². The molecular formula is C23H21F4N5O. The summed E-state index contributed by atoms with van der Waals surface area (Å²) in [6.07, 6.45) is 1.44. The van der Waals surface area contributed by atoms with Gasteiger partial charge in [0.15, 0.2) is 5.82 Å². The van der Waals surface area contributed by atoms with Gasteiger partial charge in [-0.05, 0) is 60.9 Å². The molecule has 2 aromatic rings. The van der Waals surface area contributed by atoms with E-state index in [2.05, 4.69) is 25.9 Å². The molecule has 1 unspecified atom stereocenters. The largest absolute Gasteiger partial charge is 0.309 e. The summed E-state index contributed by atoms with van der Waals surface area (Å²) in [6.45, 7) is 0. The minimum Gasteiger partial charge on any atom is -0.309 e. The van der Waals surface area contributed by atoms with E-state index in [9.17, 15) is 22.4 Å². The molecule has 1 fully saturated rings. The fourth-order valence-electron chi connectivity index (χ4n) is 3.56. The van der Waals surface area contributed by atoms with Gasteiger partial charge in [-0.15, -0.1) is 5.11 Å². The summed E-state index contributed by atoms with van der Waals surface area (Å²) in [5.74, 6) is -3.78. The summed E-state index contributed by atoms with van der Waals surface area (Å²) >= 11 is 0. The standard InChI is InChI=1S/C23H21F4N5O/c24-16-5-1-14(2-6-16)19-13-20(32-31-19)29-22(28-18-9-11-23(26,27)12-10-18)30-21(33)15-3-7-17(25)8-4-15/h1-8,13,18-19H,9-12H2,(H2,28,29,30,33). The quantitative estimate of drug-likeness (QED) is 0.371. The Balaban J connectivity index is 1.51. The Hall–Kier alpha value is -3.56. The van der Waals surface area contributed by atoms with E-state index in [4.69, 9.17) is 0 Å². The van der Waals surface area contributed by atoms with Gasteiger partial charge >= 0.3 is 0 Å². The molecule has 33 heavy (non-hydrogen) atoms. The molecule has 6 nitrogen and oxygen atoms in total. The number of nitrogens with one attached hydrogen (secondary N) is 2. The van der Waals surface area contributed by atoms with Gasteiger partial charge in [0, 0.05) is 18.4 Å². The lowest BCUT2D eigenvalue weighted by Crippen LogP contribution is -2.41. The van der Waals surface area contributed by atoms with E-state index in [-0.39, 0.29) is 43.0 Å². The Morgan fingerprint density at radius 3 is 2.21 bits per heavy atom. The smallest absolute Gasteiger partial charge is 0.257 e. The van der Waals surface area contributed by atoms with Crippen molar-refractivity contribution in [3.05, 3.63) is 83.2 Å². The first-order valence-corrected chi connectivity index (χ1v) is 10.5. The fourth-order valence-corrected chi connectivity index (χ4v) is 3.56. The van der Waals surface area contributed by atoms with Gasteiger partial charge in [0.1, 0.15) is 17.7 Å². The number of carbonyl (C=O) groups is 1. The van der Waals surface area contributed by atoms with Crippen LogP contribution < -0.4 is 10.6 Å². The second-order valence-corrected chi connectivity index (χ2v) is 7.91. The number of amides is 1. The third-order valence-corrected chi connectivity index (χ3v) is 5.40.